The van der Waals surface area contributed by atoms with Crippen molar-refractivity contribution in [2.45, 2.75) is 25.9 Å². The summed E-state index contributed by atoms with van der Waals surface area (Å²) in [6.07, 6.45) is 1.11. The number of para-hydroxylation sites is 1. The van der Waals surface area contributed by atoms with Crippen LogP contribution < -0.4 is 4.74 Å². The summed E-state index contributed by atoms with van der Waals surface area (Å²) in [5.41, 5.74) is 0.874. The second-order valence-electron chi connectivity index (χ2n) is 4.19. The molecule has 1 unspecified atom stereocenters. The van der Waals surface area contributed by atoms with Gasteiger partial charge in [-0.2, -0.15) is 0 Å². The van der Waals surface area contributed by atoms with Crippen LogP contribution >= 0.6 is 11.3 Å². The molecule has 0 saturated heterocycles. The Morgan fingerprint density at radius 2 is 2.06 bits per heavy atom. The molecule has 96 valence electrons. The summed E-state index contributed by atoms with van der Waals surface area (Å²) in [7, 11) is 0. The van der Waals surface area contributed by atoms with Crippen LogP contribution in [0.3, 0.4) is 0 Å². The Hall–Kier alpha value is -1.32. The van der Waals surface area contributed by atoms with Gasteiger partial charge in [0.2, 0.25) is 0 Å². The molecule has 2 rings (SSSR count). The number of aliphatic hydroxyl groups is 1. The lowest BCUT2D eigenvalue weighted by molar-refractivity contribution is 0.172. The average Bonchev–Trinajstić information content (AvgIpc) is 2.89. The van der Waals surface area contributed by atoms with E-state index in [1.807, 2.05) is 41.8 Å². The van der Waals surface area contributed by atoms with Crippen LogP contribution in [-0.4, -0.2) is 11.7 Å². The van der Waals surface area contributed by atoms with Crippen LogP contribution in [0.25, 0.3) is 0 Å². The van der Waals surface area contributed by atoms with Crippen molar-refractivity contribution >= 4 is 11.3 Å². The van der Waals surface area contributed by atoms with Gasteiger partial charge in [0.25, 0.3) is 0 Å². The number of thiophene rings is 1. The molecule has 0 aliphatic rings. The molecule has 0 spiro atoms. The molecule has 1 N–H and O–H groups in total. The topological polar surface area (TPSA) is 29.5 Å². The molecule has 0 aliphatic heterocycles. The molecule has 0 amide bonds. The molecule has 1 heterocycles. The summed E-state index contributed by atoms with van der Waals surface area (Å²) >= 11 is 1.67. The molecule has 0 saturated carbocycles. The van der Waals surface area contributed by atoms with Crippen molar-refractivity contribution in [1.29, 1.82) is 0 Å². The van der Waals surface area contributed by atoms with E-state index in [0.29, 0.717) is 13.0 Å². The summed E-state index contributed by atoms with van der Waals surface area (Å²) in [4.78, 5) is 1.19. The number of hydrogen-bond donors (Lipinski definition) is 1. The van der Waals surface area contributed by atoms with E-state index in [-0.39, 0.29) is 0 Å². The second kappa shape index (κ2) is 6.57. The van der Waals surface area contributed by atoms with Crippen molar-refractivity contribution in [3.63, 3.8) is 0 Å². The Morgan fingerprint density at radius 3 is 2.78 bits per heavy atom. The zero-order valence-corrected chi connectivity index (χ0v) is 11.3. The first-order valence-corrected chi connectivity index (χ1v) is 7.11. The third-order valence-corrected chi connectivity index (χ3v) is 3.61. The van der Waals surface area contributed by atoms with Crippen LogP contribution in [0.1, 0.15) is 29.9 Å². The Bertz CT molecular complexity index is 465. The highest BCUT2D eigenvalue weighted by Crippen LogP contribution is 2.28. The van der Waals surface area contributed by atoms with E-state index in [9.17, 15) is 5.11 Å². The van der Waals surface area contributed by atoms with E-state index in [1.54, 1.807) is 11.3 Å². The van der Waals surface area contributed by atoms with Gasteiger partial charge in [-0.15, -0.1) is 11.3 Å². The highest BCUT2D eigenvalue weighted by molar-refractivity contribution is 7.09. The molecule has 1 aromatic heterocycles. The second-order valence-corrected chi connectivity index (χ2v) is 5.22. The van der Waals surface area contributed by atoms with Crippen LogP contribution in [0.5, 0.6) is 5.75 Å². The maximum atomic E-state index is 10.3. The quantitative estimate of drug-likeness (QED) is 0.857. The Balaban J connectivity index is 2.11. The molecule has 2 aromatic rings. The zero-order valence-electron chi connectivity index (χ0n) is 10.5. The number of hydrogen-bond acceptors (Lipinski definition) is 3. The predicted octanol–water partition coefficient (Wildman–Crippen LogP) is 3.81. The first-order valence-electron chi connectivity index (χ1n) is 6.23. The zero-order chi connectivity index (χ0) is 12.8. The molecule has 0 radical (unpaired) electrons. The van der Waals surface area contributed by atoms with Gasteiger partial charge in [-0.1, -0.05) is 31.2 Å². The van der Waals surface area contributed by atoms with Crippen LogP contribution in [0.4, 0.5) is 0 Å². The molecule has 3 heteroatoms. The molecular formula is C15H18O2S. The van der Waals surface area contributed by atoms with Crippen molar-refractivity contribution in [1.82, 2.24) is 0 Å². The smallest absolute Gasteiger partial charge is 0.125 e. The Morgan fingerprint density at radius 1 is 1.22 bits per heavy atom. The van der Waals surface area contributed by atoms with Gasteiger partial charge in [0, 0.05) is 16.9 Å². The lowest BCUT2D eigenvalue weighted by Gasteiger charge is -2.15. The van der Waals surface area contributed by atoms with E-state index >= 15 is 0 Å². The van der Waals surface area contributed by atoms with Crippen molar-refractivity contribution in [3.05, 3.63) is 52.2 Å². The van der Waals surface area contributed by atoms with E-state index in [1.165, 1.54) is 4.88 Å². The highest BCUT2D eigenvalue weighted by atomic mass is 32.1. The molecule has 2 nitrogen and oxygen atoms in total. The normalized spacial score (nSPS) is 12.3. The maximum absolute atomic E-state index is 10.3. The average molecular weight is 262 g/mol. The fraction of sp³-hybridized carbons (Fsp3) is 0.333. The maximum Gasteiger partial charge on any atom is 0.125 e. The summed E-state index contributed by atoms with van der Waals surface area (Å²) in [5.74, 6) is 0.795. The van der Waals surface area contributed by atoms with Gasteiger partial charge in [-0.25, -0.2) is 0 Å². The van der Waals surface area contributed by atoms with Gasteiger partial charge in [-0.05, 0) is 23.9 Å². The van der Waals surface area contributed by atoms with Crippen LogP contribution in [-0.2, 0) is 6.42 Å². The molecule has 1 atom stereocenters. The van der Waals surface area contributed by atoms with Gasteiger partial charge < -0.3 is 9.84 Å². The summed E-state index contributed by atoms with van der Waals surface area (Å²) < 4.78 is 5.67. The summed E-state index contributed by atoms with van der Waals surface area (Å²) in [6.45, 7) is 2.76. The molecule has 0 fully saturated rings. The van der Waals surface area contributed by atoms with Gasteiger partial charge >= 0.3 is 0 Å². The number of aliphatic hydroxyl groups excluding tert-OH is 1. The minimum atomic E-state index is -0.503. The molecule has 18 heavy (non-hydrogen) atoms. The number of benzene rings is 1. The van der Waals surface area contributed by atoms with Crippen molar-refractivity contribution in [3.8, 4) is 5.75 Å². The molecule has 0 aliphatic carbocycles. The number of ether oxygens (including phenoxy) is 1. The van der Waals surface area contributed by atoms with Crippen molar-refractivity contribution in [2.24, 2.45) is 0 Å². The SMILES string of the molecule is CCCOc1ccccc1C(O)Cc1cccs1. The molecule has 1 aromatic carbocycles. The van der Waals surface area contributed by atoms with Crippen molar-refractivity contribution < 1.29 is 9.84 Å². The number of rotatable bonds is 6. The fourth-order valence-electron chi connectivity index (χ4n) is 1.83. The van der Waals surface area contributed by atoms with Crippen LogP contribution in [0.2, 0.25) is 0 Å². The van der Waals surface area contributed by atoms with Gasteiger partial charge in [0.1, 0.15) is 5.75 Å². The van der Waals surface area contributed by atoms with Crippen molar-refractivity contribution in [2.75, 3.05) is 6.61 Å². The summed E-state index contributed by atoms with van der Waals surface area (Å²) in [5, 5.41) is 12.3. The van der Waals surface area contributed by atoms with E-state index < -0.39 is 6.10 Å². The monoisotopic (exact) mass is 262 g/mol. The minimum Gasteiger partial charge on any atom is -0.493 e. The predicted molar refractivity (Wildman–Crippen MR) is 75.2 cm³/mol. The van der Waals surface area contributed by atoms with E-state index in [2.05, 4.69) is 6.92 Å². The van der Waals surface area contributed by atoms with Gasteiger partial charge in [0.15, 0.2) is 0 Å². The lowest BCUT2D eigenvalue weighted by atomic mass is 10.0. The standard InChI is InChI=1S/C15H18O2S/c1-2-9-17-15-8-4-3-7-13(15)14(16)11-12-6-5-10-18-12/h3-8,10,14,16H,2,9,11H2,1H3. The Kier molecular flexibility index (Phi) is 4.79. The molecule has 0 bridgehead atoms. The minimum absolute atomic E-state index is 0.503. The largest absolute Gasteiger partial charge is 0.493 e. The van der Waals surface area contributed by atoms with Gasteiger partial charge in [0.05, 0.1) is 12.7 Å². The van der Waals surface area contributed by atoms with E-state index in [0.717, 1.165) is 17.7 Å². The Labute approximate surface area is 112 Å². The lowest BCUT2D eigenvalue weighted by Crippen LogP contribution is -2.05. The van der Waals surface area contributed by atoms with Crippen LogP contribution in [0, 0.1) is 0 Å². The first kappa shape index (κ1) is 13.1. The fourth-order valence-corrected chi connectivity index (χ4v) is 2.57. The van der Waals surface area contributed by atoms with Gasteiger partial charge in [-0.3, -0.25) is 0 Å². The first-order chi connectivity index (χ1) is 8.81. The third kappa shape index (κ3) is 3.34. The highest BCUT2D eigenvalue weighted by Gasteiger charge is 2.14. The summed E-state index contributed by atoms with van der Waals surface area (Å²) in [6, 6.07) is 11.8. The van der Waals surface area contributed by atoms with E-state index in [4.69, 9.17) is 4.74 Å². The third-order valence-electron chi connectivity index (χ3n) is 2.71. The van der Waals surface area contributed by atoms with Crippen LogP contribution in [0.15, 0.2) is 41.8 Å². The molecular weight excluding hydrogens is 244 g/mol.